The molecule has 1 N–H and O–H groups in total. The van der Waals surface area contributed by atoms with Crippen molar-refractivity contribution in [2.24, 2.45) is 0 Å². The van der Waals surface area contributed by atoms with Gasteiger partial charge in [-0.15, -0.1) is 0 Å². The Kier molecular flexibility index (Phi) is 5.77. The molecule has 92 valence electrons. The molecule has 5 heteroatoms. The highest BCUT2D eigenvalue weighted by Gasteiger charge is 2.19. The van der Waals surface area contributed by atoms with Crippen LogP contribution in [-0.4, -0.2) is 45.7 Å². The van der Waals surface area contributed by atoms with Gasteiger partial charge in [0.05, 0.1) is 11.4 Å². The Morgan fingerprint density at radius 3 is 2.33 bits per heavy atom. The minimum Gasteiger partial charge on any atom is -0.379 e. The van der Waals surface area contributed by atoms with Crippen molar-refractivity contribution in [3.05, 3.63) is 0 Å². The van der Waals surface area contributed by atoms with Gasteiger partial charge in [0.2, 0.25) is 0 Å². The van der Waals surface area contributed by atoms with E-state index in [1.165, 1.54) is 6.26 Å². The highest BCUT2D eigenvalue weighted by molar-refractivity contribution is 7.90. The molecule has 1 atom stereocenters. The molecule has 0 aromatic heterocycles. The van der Waals surface area contributed by atoms with Gasteiger partial charge >= 0.3 is 0 Å². The van der Waals surface area contributed by atoms with Crippen molar-refractivity contribution in [1.82, 2.24) is 5.32 Å². The SMILES string of the molecule is COC(C)(C)CC(C)NCCS(C)(=O)=O. The predicted molar refractivity (Wildman–Crippen MR) is 62.9 cm³/mol. The van der Waals surface area contributed by atoms with Crippen LogP contribution >= 0.6 is 0 Å². The average Bonchev–Trinajstić information content (AvgIpc) is 2.00. The molecule has 0 heterocycles. The van der Waals surface area contributed by atoms with Crippen molar-refractivity contribution in [3.63, 3.8) is 0 Å². The first-order valence-electron chi connectivity index (χ1n) is 5.12. The molecule has 15 heavy (non-hydrogen) atoms. The van der Waals surface area contributed by atoms with Gasteiger partial charge in [0.15, 0.2) is 0 Å². The van der Waals surface area contributed by atoms with Gasteiger partial charge in [0.25, 0.3) is 0 Å². The Labute approximate surface area is 93.3 Å². The first-order valence-corrected chi connectivity index (χ1v) is 7.18. The molecule has 0 aliphatic rings. The van der Waals surface area contributed by atoms with Crippen molar-refractivity contribution in [3.8, 4) is 0 Å². The maximum absolute atomic E-state index is 10.9. The average molecular weight is 237 g/mol. The lowest BCUT2D eigenvalue weighted by Gasteiger charge is -2.27. The summed E-state index contributed by atoms with van der Waals surface area (Å²) in [6, 6.07) is 0.252. The molecule has 0 fully saturated rings. The third-order valence-electron chi connectivity index (χ3n) is 2.32. The lowest BCUT2D eigenvalue weighted by Crippen LogP contribution is -2.37. The van der Waals surface area contributed by atoms with Crippen LogP contribution in [0.25, 0.3) is 0 Å². The van der Waals surface area contributed by atoms with Gasteiger partial charge in [0.1, 0.15) is 9.84 Å². The molecule has 0 amide bonds. The van der Waals surface area contributed by atoms with Crippen molar-refractivity contribution in [1.29, 1.82) is 0 Å². The van der Waals surface area contributed by atoms with Crippen LogP contribution in [0.15, 0.2) is 0 Å². The van der Waals surface area contributed by atoms with E-state index in [1.807, 2.05) is 20.8 Å². The number of hydrogen-bond acceptors (Lipinski definition) is 4. The molecule has 0 aliphatic heterocycles. The van der Waals surface area contributed by atoms with Gasteiger partial charge in [-0.25, -0.2) is 8.42 Å². The Hall–Kier alpha value is -0.130. The standard InChI is InChI=1S/C10H23NO3S/c1-9(8-10(2,3)14-4)11-6-7-15(5,12)13/h9,11H,6-8H2,1-5H3. The Morgan fingerprint density at radius 1 is 1.40 bits per heavy atom. The lowest BCUT2D eigenvalue weighted by molar-refractivity contribution is 0.00876. The highest BCUT2D eigenvalue weighted by Crippen LogP contribution is 2.14. The van der Waals surface area contributed by atoms with Crippen LogP contribution in [-0.2, 0) is 14.6 Å². The van der Waals surface area contributed by atoms with Crippen molar-refractivity contribution < 1.29 is 13.2 Å². The number of sulfone groups is 1. The summed E-state index contributed by atoms with van der Waals surface area (Å²) in [5.74, 6) is 0.185. The number of ether oxygens (including phenoxy) is 1. The zero-order valence-electron chi connectivity index (χ0n) is 10.3. The quantitative estimate of drug-likeness (QED) is 0.712. The number of methoxy groups -OCH3 is 1. The molecule has 0 aromatic rings. The van der Waals surface area contributed by atoms with Crippen LogP contribution in [0.1, 0.15) is 27.2 Å². The second kappa shape index (κ2) is 5.82. The summed E-state index contributed by atoms with van der Waals surface area (Å²) in [4.78, 5) is 0. The van der Waals surface area contributed by atoms with Crippen molar-refractivity contribution in [2.45, 2.75) is 38.8 Å². The van der Waals surface area contributed by atoms with Crippen molar-refractivity contribution in [2.75, 3.05) is 25.7 Å². The van der Waals surface area contributed by atoms with E-state index in [4.69, 9.17) is 4.74 Å². The van der Waals surface area contributed by atoms with E-state index in [2.05, 4.69) is 5.32 Å². The van der Waals surface area contributed by atoms with E-state index in [9.17, 15) is 8.42 Å². The Balaban J connectivity index is 3.81. The minimum atomic E-state index is -2.86. The van der Waals surface area contributed by atoms with Crippen LogP contribution in [0.3, 0.4) is 0 Å². The van der Waals surface area contributed by atoms with Gasteiger partial charge in [-0.3, -0.25) is 0 Å². The predicted octanol–water partition coefficient (Wildman–Crippen LogP) is 0.824. The third kappa shape index (κ3) is 8.84. The minimum absolute atomic E-state index is 0.169. The molecule has 4 nitrogen and oxygen atoms in total. The molecular formula is C10H23NO3S. The highest BCUT2D eigenvalue weighted by atomic mass is 32.2. The second-order valence-electron chi connectivity index (χ2n) is 4.65. The summed E-state index contributed by atoms with van der Waals surface area (Å²) in [7, 11) is -1.18. The van der Waals surface area contributed by atoms with E-state index in [0.717, 1.165) is 6.42 Å². The zero-order chi connectivity index (χ0) is 12.1. The second-order valence-corrected chi connectivity index (χ2v) is 6.91. The van der Waals surface area contributed by atoms with Gasteiger partial charge in [0, 0.05) is 26.0 Å². The summed E-state index contributed by atoms with van der Waals surface area (Å²) in [5.41, 5.74) is -0.169. The lowest BCUT2D eigenvalue weighted by atomic mass is 10.00. The molecule has 0 aliphatic carbocycles. The van der Waals surface area contributed by atoms with Crippen LogP contribution in [0.4, 0.5) is 0 Å². The molecule has 0 saturated carbocycles. The van der Waals surface area contributed by atoms with E-state index in [-0.39, 0.29) is 17.4 Å². The van der Waals surface area contributed by atoms with Gasteiger partial charge in [-0.2, -0.15) is 0 Å². The van der Waals surface area contributed by atoms with Gasteiger partial charge < -0.3 is 10.1 Å². The summed E-state index contributed by atoms with van der Waals surface area (Å²) in [6.07, 6.45) is 2.10. The fourth-order valence-electron chi connectivity index (χ4n) is 1.38. The summed E-state index contributed by atoms with van der Waals surface area (Å²) < 4.78 is 27.1. The molecule has 0 rings (SSSR count). The van der Waals surface area contributed by atoms with E-state index in [1.54, 1.807) is 7.11 Å². The van der Waals surface area contributed by atoms with Gasteiger partial charge in [-0.1, -0.05) is 0 Å². The molecule has 0 radical (unpaired) electrons. The topological polar surface area (TPSA) is 55.4 Å². The van der Waals surface area contributed by atoms with Crippen LogP contribution < -0.4 is 5.32 Å². The van der Waals surface area contributed by atoms with Gasteiger partial charge in [-0.05, 0) is 27.2 Å². The maximum atomic E-state index is 10.9. The van der Waals surface area contributed by atoms with E-state index < -0.39 is 9.84 Å². The molecule has 0 saturated heterocycles. The van der Waals surface area contributed by atoms with Crippen LogP contribution in [0.2, 0.25) is 0 Å². The fraction of sp³-hybridized carbons (Fsp3) is 1.00. The van der Waals surface area contributed by atoms with E-state index in [0.29, 0.717) is 6.54 Å². The summed E-state index contributed by atoms with van der Waals surface area (Å²) >= 11 is 0. The van der Waals surface area contributed by atoms with Crippen LogP contribution in [0, 0.1) is 0 Å². The molecule has 0 spiro atoms. The number of nitrogens with one attached hydrogen (secondary N) is 1. The third-order valence-corrected chi connectivity index (χ3v) is 3.26. The molecule has 0 bridgehead atoms. The fourth-order valence-corrected chi connectivity index (χ4v) is 1.87. The summed E-state index contributed by atoms with van der Waals surface area (Å²) in [5, 5.41) is 3.17. The first-order chi connectivity index (χ1) is 6.66. The monoisotopic (exact) mass is 237 g/mol. The molecule has 1 unspecified atom stereocenters. The molecular weight excluding hydrogens is 214 g/mol. The number of rotatable bonds is 7. The normalized spacial score (nSPS) is 15.3. The number of hydrogen-bond donors (Lipinski definition) is 1. The maximum Gasteiger partial charge on any atom is 0.148 e. The Bertz CT molecular complexity index is 272. The zero-order valence-corrected chi connectivity index (χ0v) is 11.1. The van der Waals surface area contributed by atoms with Crippen molar-refractivity contribution >= 4 is 9.84 Å². The summed E-state index contributed by atoms with van der Waals surface area (Å²) in [6.45, 7) is 6.56. The smallest absolute Gasteiger partial charge is 0.148 e. The molecule has 0 aromatic carbocycles. The first kappa shape index (κ1) is 14.9. The largest absolute Gasteiger partial charge is 0.379 e. The van der Waals surface area contributed by atoms with E-state index >= 15 is 0 Å². The Morgan fingerprint density at radius 2 is 1.93 bits per heavy atom. The van der Waals surface area contributed by atoms with Crippen LogP contribution in [0.5, 0.6) is 0 Å².